The van der Waals surface area contributed by atoms with Crippen molar-refractivity contribution in [1.82, 2.24) is 35.1 Å². The number of urea groups is 1. The molecule has 84 heavy (non-hydrogen) atoms. The molecular weight excluding hydrogens is 1160 g/mol. The van der Waals surface area contributed by atoms with E-state index in [0.29, 0.717) is 58.0 Å². The van der Waals surface area contributed by atoms with Crippen LogP contribution in [-0.2, 0) is 63.9 Å². The van der Waals surface area contributed by atoms with Crippen molar-refractivity contribution in [3.63, 3.8) is 0 Å². The molecule has 1 aliphatic carbocycles. The van der Waals surface area contributed by atoms with Gasteiger partial charge in [0, 0.05) is 95.1 Å². The van der Waals surface area contributed by atoms with Gasteiger partial charge in [0.1, 0.15) is 40.7 Å². The van der Waals surface area contributed by atoms with Crippen LogP contribution < -0.4 is 10.6 Å². The number of carbonyl (C=O) groups excluding carboxylic acids is 6. The molecule has 1 aromatic rings. The van der Waals surface area contributed by atoms with Crippen LogP contribution in [0.1, 0.15) is 151 Å². The highest BCUT2D eigenvalue weighted by Gasteiger charge is 2.34. The molecule has 1 saturated heterocycles. The van der Waals surface area contributed by atoms with E-state index < -0.39 is 82.7 Å². The molecule has 1 saturated carbocycles. The van der Waals surface area contributed by atoms with Crippen molar-refractivity contribution in [2.75, 3.05) is 78.5 Å². The average molecular weight is 1250 g/mol. The highest BCUT2D eigenvalue weighted by molar-refractivity contribution is 9.10. The van der Waals surface area contributed by atoms with E-state index in [1.165, 1.54) is 0 Å². The molecule has 2 aliphatic rings. The maximum Gasteiger partial charge on any atom is 0.329 e. The SMILES string of the molecule is CC(C)(C)OC(=O)CC[C@H](NC(=O)N[C@@H](CCCCN(Cc1ccc(Br)cc1)C(=O)C1CCC(CCC(=O)CCC(C(=O)O)N2CCN(CC(=O)O)CCN(CC(=O)O)CCN(CC(=O)O)CC2)CC1)C(=O)OC(C)(C)C)C(=O)OC(C)(C)C. The monoisotopic (exact) mass is 1250 g/mol. The summed E-state index contributed by atoms with van der Waals surface area (Å²) in [5.41, 5.74) is -1.65. The van der Waals surface area contributed by atoms with Crippen molar-refractivity contribution >= 4 is 75.4 Å². The molecule has 0 aromatic heterocycles. The number of hydrogen-bond donors (Lipinski definition) is 6. The first-order valence-electron chi connectivity index (χ1n) is 29.2. The average Bonchev–Trinajstić information content (AvgIpc) is 3.47. The Morgan fingerprint density at radius 1 is 0.583 bits per heavy atom. The maximum atomic E-state index is 14.4. The van der Waals surface area contributed by atoms with Gasteiger partial charge in [-0.3, -0.25) is 53.2 Å². The van der Waals surface area contributed by atoms with Crippen LogP contribution in [0.2, 0.25) is 0 Å². The second-order valence-corrected chi connectivity index (χ2v) is 25.9. The molecule has 1 heterocycles. The van der Waals surface area contributed by atoms with Crippen LogP contribution in [0, 0.1) is 11.8 Å². The van der Waals surface area contributed by atoms with Crippen molar-refractivity contribution in [1.29, 1.82) is 0 Å². The molecule has 3 atom stereocenters. The van der Waals surface area contributed by atoms with E-state index >= 15 is 0 Å². The number of benzene rings is 1. The van der Waals surface area contributed by atoms with Gasteiger partial charge in [-0.1, -0.05) is 28.1 Å². The van der Waals surface area contributed by atoms with Crippen molar-refractivity contribution < 1.29 is 82.6 Å². The number of ether oxygens (including phenoxy) is 3. The van der Waals surface area contributed by atoms with Gasteiger partial charge in [-0.25, -0.2) is 14.4 Å². The second-order valence-electron chi connectivity index (χ2n) is 25.0. The second kappa shape index (κ2) is 35.0. The molecule has 474 valence electrons. The third kappa shape index (κ3) is 30.4. The van der Waals surface area contributed by atoms with Gasteiger partial charge in [0.25, 0.3) is 0 Å². The highest BCUT2D eigenvalue weighted by atomic mass is 79.9. The lowest BCUT2D eigenvalue weighted by atomic mass is 9.79. The smallest absolute Gasteiger partial charge is 0.329 e. The lowest BCUT2D eigenvalue weighted by molar-refractivity contribution is -0.159. The summed E-state index contributed by atoms with van der Waals surface area (Å²) in [4.78, 5) is 137. The number of unbranched alkanes of at least 4 members (excludes halogenated alkanes) is 1. The van der Waals surface area contributed by atoms with Gasteiger partial charge in [0.05, 0.1) is 19.6 Å². The number of ketones is 1. The Morgan fingerprint density at radius 3 is 1.48 bits per heavy atom. The third-order valence-corrected chi connectivity index (χ3v) is 14.7. The van der Waals surface area contributed by atoms with Gasteiger partial charge in [-0.05, 0) is 150 Å². The van der Waals surface area contributed by atoms with E-state index in [2.05, 4.69) is 26.6 Å². The number of carbonyl (C=O) groups is 10. The van der Waals surface area contributed by atoms with Gasteiger partial charge < -0.3 is 50.2 Å². The third-order valence-electron chi connectivity index (χ3n) is 14.2. The molecule has 1 aromatic carbocycles. The fraction of sp³-hybridized carbons (Fsp3) is 0.729. The number of carboxylic acids is 4. The fourth-order valence-corrected chi connectivity index (χ4v) is 10.4. The summed E-state index contributed by atoms with van der Waals surface area (Å²) in [5, 5.41) is 44.4. The summed E-state index contributed by atoms with van der Waals surface area (Å²) < 4.78 is 17.5. The quantitative estimate of drug-likeness (QED) is 0.0320. The Morgan fingerprint density at radius 2 is 1.04 bits per heavy atom. The highest BCUT2D eigenvalue weighted by Crippen LogP contribution is 2.34. The zero-order chi connectivity index (χ0) is 63.0. The van der Waals surface area contributed by atoms with Gasteiger partial charge >= 0.3 is 47.8 Å². The molecule has 3 amide bonds. The summed E-state index contributed by atoms with van der Waals surface area (Å²) in [6, 6.07) is 3.30. The largest absolute Gasteiger partial charge is 0.480 e. The summed E-state index contributed by atoms with van der Waals surface area (Å²) in [6.07, 6.45) is 4.01. The Kier molecular flexibility index (Phi) is 30.2. The zero-order valence-electron chi connectivity index (χ0n) is 50.8. The van der Waals surface area contributed by atoms with Crippen molar-refractivity contribution in [3.05, 3.63) is 34.3 Å². The van der Waals surface area contributed by atoms with Crippen LogP contribution in [0.15, 0.2) is 28.7 Å². The molecule has 25 heteroatoms. The number of nitrogens with zero attached hydrogens (tertiary/aromatic N) is 5. The van der Waals surface area contributed by atoms with Crippen molar-refractivity contribution in [3.8, 4) is 0 Å². The summed E-state index contributed by atoms with van der Waals surface area (Å²) in [5.74, 6) is -6.74. The van der Waals surface area contributed by atoms with Crippen LogP contribution in [0.4, 0.5) is 4.79 Å². The molecular formula is C59H94BrN7O17. The number of hydrogen-bond acceptors (Lipinski definition) is 17. The predicted molar refractivity (Wildman–Crippen MR) is 314 cm³/mol. The number of amides is 3. The van der Waals surface area contributed by atoms with Gasteiger partial charge in [-0.2, -0.15) is 0 Å². The number of nitrogens with one attached hydrogen (secondary N) is 2. The van der Waals surface area contributed by atoms with E-state index in [1.807, 2.05) is 29.2 Å². The Hall–Kier alpha value is -5.76. The molecule has 24 nitrogen and oxygen atoms in total. The van der Waals surface area contributed by atoms with Crippen LogP contribution >= 0.6 is 15.9 Å². The van der Waals surface area contributed by atoms with Crippen LogP contribution in [-0.4, -0.2) is 218 Å². The Labute approximate surface area is 503 Å². The minimum atomic E-state index is -1.25. The number of esters is 3. The number of rotatable bonds is 29. The zero-order valence-corrected chi connectivity index (χ0v) is 52.4. The normalized spacial score (nSPS) is 18.5. The molecule has 6 N–H and O–H groups in total. The first kappa shape index (κ1) is 72.5. The van der Waals surface area contributed by atoms with Gasteiger partial charge in [0.2, 0.25) is 5.91 Å². The fourth-order valence-electron chi connectivity index (χ4n) is 10.1. The molecule has 0 bridgehead atoms. The number of halogens is 1. The van der Waals surface area contributed by atoms with Gasteiger partial charge in [-0.15, -0.1) is 0 Å². The molecule has 1 aliphatic heterocycles. The minimum Gasteiger partial charge on any atom is -0.480 e. The van der Waals surface area contributed by atoms with Crippen LogP contribution in [0.3, 0.4) is 0 Å². The minimum absolute atomic E-state index is 0.0175. The summed E-state index contributed by atoms with van der Waals surface area (Å²) in [6.45, 7) is 16.1. The van der Waals surface area contributed by atoms with Crippen LogP contribution in [0.25, 0.3) is 0 Å². The summed E-state index contributed by atoms with van der Waals surface area (Å²) >= 11 is 3.48. The topological polar surface area (TPSA) is 320 Å². The summed E-state index contributed by atoms with van der Waals surface area (Å²) in [7, 11) is 0. The van der Waals surface area contributed by atoms with Gasteiger partial charge in [0.15, 0.2) is 0 Å². The molecule has 1 unspecified atom stereocenters. The predicted octanol–water partition coefficient (Wildman–Crippen LogP) is 5.65. The first-order valence-corrected chi connectivity index (χ1v) is 30.0. The van der Waals surface area contributed by atoms with E-state index in [9.17, 15) is 68.4 Å². The first-order chi connectivity index (χ1) is 39.1. The maximum absolute atomic E-state index is 14.4. The molecule has 0 radical (unpaired) electrons. The number of aliphatic carboxylic acids is 4. The van der Waals surface area contributed by atoms with E-state index in [-0.39, 0.29) is 134 Å². The molecule has 0 spiro atoms. The Bertz CT molecular complexity index is 2320. The number of Topliss-reactive ketones (excluding diaryl/α,β-unsaturated/α-hetero) is 1. The standard InChI is InChI=1S/C59H94BrN7O17/c1-57(2,3)82-51(75)26-24-46(55(80)84-59(7,8)9)62-56(81)61-45(54(79)83-58(4,5)6)12-10-11-27-67(36-41-15-20-43(60)21-16-41)52(76)42-18-13-40(14-19-42)17-22-44(68)23-25-47(53(77)78)66-34-32-64(38-49(71)72)30-28-63(37-48(69)70)29-31-65(33-35-66)39-50(73)74/h15-16,20-21,40,42,45-47H,10-14,17-19,22-39H2,1-9H3,(H,69,70)(H,71,72)(H,73,74)(H,77,78)(H2,61,62,81)/t40?,42?,45-,46-,47?/m0/s1. The lowest BCUT2D eigenvalue weighted by Gasteiger charge is -2.35. The van der Waals surface area contributed by atoms with Crippen LogP contribution in [0.5, 0.6) is 0 Å². The van der Waals surface area contributed by atoms with Crippen molar-refractivity contribution in [2.24, 2.45) is 11.8 Å². The molecule has 2 fully saturated rings. The lowest BCUT2D eigenvalue weighted by Crippen LogP contribution is -2.53. The number of carboxylic acid groups (broad SMARTS) is 4. The van der Waals surface area contributed by atoms with E-state index in [4.69, 9.17) is 14.2 Å². The molecule has 3 rings (SSSR count). The van der Waals surface area contributed by atoms with E-state index in [1.54, 1.807) is 81.9 Å². The van der Waals surface area contributed by atoms with Crippen molar-refractivity contribution in [2.45, 2.75) is 187 Å². The Balaban J connectivity index is 1.66. The van der Waals surface area contributed by atoms with E-state index in [0.717, 1.165) is 10.0 Å².